The number of rotatable bonds is 5. The van der Waals surface area contributed by atoms with Gasteiger partial charge in [0.05, 0.1) is 0 Å². The van der Waals surface area contributed by atoms with Crippen LogP contribution in [0.3, 0.4) is 0 Å². The highest BCUT2D eigenvalue weighted by Crippen LogP contribution is 2.35. The fourth-order valence-electron chi connectivity index (χ4n) is 3.57. The monoisotopic (exact) mass is 236 g/mol. The highest BCUT2D eigenvalue weighted by atomic mass is 15.2. The predicted octanol–water partition coefficient (Wildman–Crippen LogP) is 2.64. The van der Waals surface area contributed by atoms with Gasteiger partial charge in [0, 0.05) is 12.1 Å². The smallest absolute Gasteiger partial charge is 0.0136 e. The van der Waals surface area contributed by atoms with Crippen molar-refractivity contribution in [2.45, 2.75) is 64.0 Å². The van der Waals surface area contributed by atoms with Crippen LogP contribution in [0.5, 0.6) is 0 Å². The molecule has 17 heavy (non-hydrogen) atoms. The number of likely N-dealkylation sites (tertiary alicyclic amines) is 1. The minimum atomic E-state index is 0.891. The first kappa shape index (κ1) is 12.0. The minimum Gasteiger partial charge on any atom is -0.314 e. The van der Waals surface area contributed by atoms with E-state index in [1.165, 1.54) is 64.6 Å². The topological polar surface area (TPSA) is 15.3 Å². The Morgan fingerprint density at radius 3 is 2.29 bits per heavy atom. The summed E-state index contributed by atoms with van der Waals surface area (Å²) in [5, 5.41) is 3.72. The number of hydrogen-bond donors (Lipinski definition) is 1. The molecule has 2 nitrogen and oxygen atoms in total. The van der Waals surface area contributed by atoms with Gasteiger partial charge in [-0.3, -0.25) is 0 Å². The van der Waals surface area contributed by atoms with E-state index in [2.05, 4.69) is 17.1 Å². The molecule has 0 spiro atoms. The Balaban J connectivity index is 1.41. The van der Waals surface area contributed by atoms with Crippen LogP contribution < -0.4 is 5.32 Å². The molecular formula is C15H28N2. The summed E-state index contributed by atoms with van der Waals surface area (Å²) in [7, 11) is 0. The lowest BCUT2D eigenvalue weighted by Gasteiger charge is -2.47. The van der Waals surface area contributed by atoms with E-state index in [-0.39, 0.29) is 0 Å². The van der Waals surface area contributed by atoms with E-state index in [0.29, 0.717) is 0 Å². The van der Waals surface area contributed by atoms with E-state index < -0.39 is 0 Å². The van der Waals surface area contributed by atoms with E-state index in [4.69, 9.17) is 0 Å². The third-order valence-electron chi connectivity index (χ3n) is 5.32. The van der Waals surface area contributed by atoms with Crippen molar-refractivity contribution in [2.24, 2.45) is 11.8 Å². The molecule has 0 aromatic heterocycles. The Hall–Kier alpha value is -0.0800. The van der Waals surface area contributed by atoms with Crippen LogP contribution in [0.15, 0.2) is 0 Å². The van der Waals surface area contributed by atoms with Crippen LogP contribution in [0.2, 0.25) is 0 Å². The van der Waals surface area contributed by atoms with Crippen LogP contribution >= 0.6 is 0 Å². The molecule has 1 N–H and O–H groups in total. The van der Waals surface area contributed by atoms with Gasteiger partial charge in [-0.25, -0.2) is 0 Å². The van der Waals surface area contributed by atoms with Gasteiger partial charge in [-0.1, -0.05) is 13.3 Å². The highest BCUT2D eigenvalue weighted by molar-refractivity contribution is 4.93. The molecule has 0 bridgehead atoms. The van der Waals surface area contributed by atoms with Crippen LogP contribution in [0.4, 0.5) is 0 Å². The SMILES string of the molecule is CCC1CCN(C2CCC2CNC2CC2)CC1. The molecule has 2 saturated carbocycles. The van der Waals surface area contributed by atoms with Gasteiger partial charge in [-0.05, 0) is 70.0 Å². The average molecular weight is 236 g/mol. The second-order valence-corrected chi connectivity index (χ2v) is 6.47. The minimum absolute atomic E-state index is 0.891. The van der Waals surface area contributed by atoms with E-state index in [9.17, 15) is 0 Å². The molecule has 0 radical (unpaired) electrons. The first-order chi connectivity index (χ1) is 8.36. The molecule has 3 aliphatic rings. The summed E-state index contributed by atoms with van der Waals surface area (Å²) in [6.07, 6.45) is 10.1. The van der Waals surface area contributed by atoms with Gasteiger partial charge in [-0.15, -0.1) is 0 Å². The van der Waals surface area contributed by atoms with Crippen molar-refractivity contribution in [1.29, 1.82) is 0 Å². The van der Waals surface area contributed by atoms with Crippen LogP contribution in [-0.4, -0.2) is 36.6 Å². The Morgan fingerprint density at radius 1 is 1.00 bits per heavy atom. The Kier molecular flexibility index (Phi) is 3.72. The maximum Gasteiger partial charge on any atom is 0.0136 e. The van der Waals surface area contributed by atoms with E-state index in [0.717, 1.165) is 23.9 Å². The fourth-order valence-corrected chi connectivity index (χ4v) is 3.57. The third kappa shape index (κ3) is 2.85. The molecule has 2 unspecified atom stereocenters. The summed E-state index contributed by atoms with van der Waals surface area (Å²) in [6.45, 7) is 6.40. The zero-order valence-corrected chi connectivity index (χ0v) is 11.3. The van der Waals surface area contributed by atoms with Gasteiger partial charge in [0.2, 0.25) is 0 Å². The zero-order chi connectivity index (χ0) is 11.7. The van der Waals surface area contributed by atoms with Gasteiger partial charge in [0.1, 0.15) is 0 Å². The molecule has 2 atom stereocenters. The van der Waals surface area contributed by atoms with Crippen molar-refractivity contribution in [3.05, 3.63) is 0 Å². The lowest BCUT2D eigenvalue weighted by atomic mass is 9.77. The molecule has 0 aromatic rings. The van der Waals surface area contributed by atoms with Gasteiger partial charge >= 0.3 is 0 Å². The summed E-state index contributed by atoms with van der Waals surface area (Å²) in [5.74, 6) is 1.99. The van der Waals surface area contributed by atoms with Crippen molar-refractivity contribution in [3.63, 3.8) is 0 Å². The lowest BCUT2D eigenvalue weighted by molar-refractivity contribution is 0.0338. The van der Waals surface area contributed by atoms with E-state index >= 15 is 0 Å². The van der Waals surface area contributed by atoms with Crippen molar-refractivity contribution < 1.29 is 0 Å². The van der Waals surface area contributed by atoms with Crippen molar-refractivity contribution in [3.8, 4) is 0 Å². The van der Waals surface area contributed by atoms with E-state index in [1.54, 1.807) is 0 Å². The summed E-state index contributed by atoms with van der Waals surface area (Å²) in [5.41, 5.74) is 0. The standard InChI is InChI=1S/C15H28N2/c1-2-12-7-9-17(10-8-12)15-6-3-13(15)11-16-14-4-5-14/h12-16H,2-11H2,1H3. The van der Waals surface area contributed by atoms with Crippen LogP contribution in [-0.2, 0) is 0 Å². The van der Waals surface area contributed by atoms with Crippen molar-refractivity contribution in [1.82, 2.24) is 10.2 Å². The first-order valence-corrected chi connectivity index (χ1v) is 7.84. The Morgan fingerprint density at radius 2 is 1.76 bits per heavy atom. The average Bonchev–Trinajstić information content (AvgIpc) is 3.13. The number of nitrogens with zero attached hydrogens (tertiary/aromatic N) is 1. The van der Waals surface area contributed by atoms with Gasteiger partial charge in [0.25, 0.3) is 0 Å². The lowest BCUT2D eigenvalue weighted by Crippen LogP contribution is -2.53. The maximum atomic E-state index is 3.72. The highest BCUT2D eigenvalue weighted by Gasteiger charge is 2.37. The predicted molar refractivity (Wildman–Crippen MR) is 72.1 cm³/mol. The van der Waals surface area contributed by atoms with Gasteiger partial charge in [0.15, 0.2) is 0 Å². The molecule has 98 valence electrons. The first-order valence-electron chi connectivity index (χ1n) is 7.84. The quantitative estimate of drug-likeness (QED) is 0.789. The molecule has 0 aromatic carbocycles. The van der Waals surface area contributed by atoms with E-state index in [1.807, 2.05) is 0 Å². The van der Waals surface area contributed by atoms with Crippen LogP contribution in [0, 0.1) is 11.8 Å². The molecule has 0 amide bonds. The van der Waals surface area contributed by atoms with Crippen molar-refractivity contribution in [2.75, 3.05) is 19.6 Å². The summed E-state index contributed by atoms with van der Waals surface area (Å²) < 4.78 is 0. The van der Waals surface area contributed by atoms with Gasteiger partial charge in [-0.2, -0.15) is 0 Å². The summed E-state index contributed by atoms with van der Waals surface area (Å²) >= 11 is 0. The van der Waals surface area contributed by atoms with Crippen LogP contribution in [0.25, 0.3) is 0 Å². The largest absolute Gasteiger partial charge is 0.314 e. The second-order valence-electron chi connectivity index (χ2n) is 6.47. The number of piperidine rings is 1. The third-order valence-corrected chi connectivity index (χ3v) is 5.32. The maximum absolute atomic E-state index is 3.72. The van der Waals surface area contributed by atoms with Crippen LogP contribution in [0.1, 0.15) is 51.9 Å². The number of nitrogens with one attached hydrogen (secondary N) is 1. The van der Waals surface area contributed by atoms with Gasteiger partial charge < -0.3 is 10.2 Å². The Labute approximate surface area is 106 Å². The molecule has 1 saturated heterocycles. The normalized spacial score (nSPS) is 35.8. The summed E-state index contributed by atoms with van der Waals surface area (Å²) in [6, 6.07) is 1.82. The number of hydrogen-bond acceptors (Lipinski definition) is 2. The molecule has 1 aliphatic heterocycles. The molecule has 2 heteroatoms. The molecule has 3 fully saturated rings. The molecular weight excluding hydrogens is 208 g/mol. The molecule has 1 heterocycles. The summed E-state index contributed by atoms with van der Waals surface area (Å²) in [4.78, 5) is 2.80. The zero-order valence-electron chi connectivity index (χ0n) is 11.3. The van der Waals surface area contributed by atoms with Crippen molar-refractivity contribution >= 4 is 0 Å². The second kappa shape index (κ2) is 5.27. The molecule has 3 rings (SSSR count). The Bertz CT molecular complexity index is 241. The molecule has 2 aliphatic carbocycles. The fraction of sp³-hybridized carbons (Fsp3) is 1.00.